The fourth-order valence-electron chi connectivity index (χ4n) is 3.78. The fourth-order valence-corrected chi connectivity index (χ4v) is 3.78. The standard InChI is InChI=1S/C22H25NO7/c1-12(2)17-7-13-8-20(30-6-4-5-29-3)15(21(25)26)9-14(13)18-10-19(24)16(22(27)28)11-23(17)18/h8-12,17H,4-7H2,1-3H3,(H,25,26)(H,27,28). The number of ether oxygens (including phenoxy) is 2. The Morgan fingerprint density at radius 2 is 1.83 bits per heavy atom. The largest absolute Gasteiger partial charge is 0.493 e. The highest BCUT2D eigenvalue weighted by Gasteiger charge is 2.30. The summed E-state index contributed by atoms with van der Waals surface area (Å²) in [4.78, 5) is 35.6. The van der Waals surface area contributed by atoms with Crippen molar-refractivity contribution in [1.82, 2.24) is 4.57 Å². The van der Waals surface area contributed by atoms with E-state index < -0.39 is 17.4 Å². The molecule has 1 aromatic heterocycles. The van der Waals surface area contributed by atoms with Crippen LogP contribution >= 0.6 is 0 Å². The summed E-state index contributed by atoms with van der Waals surface area (Å²) in [7, 11) is 1.59. The molecule has 30 heavy (non-hydrogen) atoms. The highest BCUT2D eigenvalue weighted by molar-refractivity contribution is 5.93. The fraction of sp³-hybridized carbons (Fsp3) is 0.409. The third-order valence-electron chi connectivity index (χ3n) is 5.33. The van der Waals surface area contributed by atoms with Crippen molar-refractivity contribution < 1.29 is 29.3 Å². The molecule has 1 atom stereocenters. The van der Waals surface area contributed by atoms with E-state index in [0.29, 0.717) is 37.3 Å². The highest BCUT2D eigenvalue weighted by Crippen LogP contribution is 2.40. The van der Waals surface area contributed by atoms with E-state index in [1.807, 2.05) is 13.8 Å². The van der Waals surface area contributed by atoms with Gasteiger partial charge in [0, 0.05) is 44.0 Å². The molecule has 2 heterocycles. The lowest BCUT2D eigenvalue weighted by atomic mass is 9.86. The highest BCUT2D eigenvalue weighted by atomic mass is 16.5. The molecule has 1 aliphatic heterocycles. The van der Waals surface area contributed by atoms with Crippen molar-refractivity contribution in [2.45, 2.75) is 32.7 Å². The molecule has 8 heteroatoms. The smallest absolute Gasteiger partial charge is 0.341 e. The number of methoxy groups -OCH3 is 1. The molecule has 0 saturated heterocycles. The van der Waals surface area contributed by atoms with Crippen LogP contribution in [-0.2, 0) is 11.2 Å². The van der Waals surface area contributed by atoms with Gasteiger partial charge in [0.05, 0.1) is 12.3 Å². The number of hydrogen-bond donors (Lipinski definition) is 2. The monoisotopic (exact) mass is 415 g/mol. The van der Waals surface area contributed by atoms with Crippen molar-refractivity contribution in [2.75, 3.05) is 20.3 Å². The van der Waals surface area contributed by atoms with E-state index in [1.54, 1.807) is 17.7 Å². The average molecular weight is 415 g/mol. The number of carboxylic acid groups (broad SMARTS) is 2. The first-order valence-corrected chi connectivity index (χ1v) is 9.76. The minimum absolute atomic E-state index is 0.00419. The zero-order chi connectivity index (χ0) is 22.0. The first kappa shape index (κ1) is 21.6. The van der Waals surface area contributed by atoms with Gasteiger partial charge in [0.15, 0.2) is 5.43 Å². The minimum Gasteiger partial charge on any atom is -0.493 e. The molecule has 0 fully saturated rings. The van der Waals surface area contributed by atoms with Crippen molar-refractivity contribution in [2.24, 2.45) is 5.92 Å². The zero-order valence-corrected chi connectivity index (χ0v) is 17.2. The minimum atomic E-state index is -1.28. The van der Waals surface area contributed by atoms with Crippen LogP contribution in [0.15, 0.2) is 29.2 Å². The molecule has 1 aliphatic rings. The molecule has 8 nitrogen and oxygen atoms in total. The predicted octanol–water partition coefficient (Wildman–Crippen LogP) is 3.08. The van der Waals surface area contributed by atoms with Crippen molar-refractivity contribution in [3.63, 3.8) is 0 Å². The van der Waals surface area contributed by atoms with E-state index in [4.69, 9.17) is 9.47 Å². The van der Waals surface area contributed by atoms with Crippen molar-refractivity contribution in [3.8, 4) is 17.0 Å². The number of nitrogens with zero attached hydrogens (tertiary/aromatic N) is 1. The van der Waals surface area contributed by atoms with Crippen molar-refractivity contribution in [3.05, 3.63) is 51.3 Å². The molecular weight excluding hydrogens is 390 g/mol. The van der Waals surface area contributed by atoms with Crippen LogP contribution in [-0.4, -0.2) is 47.0 Å². The molecule has 2 aromatic rings. The quantitative estimate of drug-likeness (QED) is 0.637. The number of hydrogen-bond acceptors (Lipinski definition) is 5. The molecule has 160 valence electrons. The normalized spacial score (nSPS) is 14.9. The number of aromatic carboxylic acids is 2. The Hall–Kier alpha value is -3.13. The third-order valence-corrected chi connectivity index (χ3v) is 5.33. The molecular formula is C22H25NO7. The van der Waals surface area contributed by atoms with Gasteiger partial charge in [-0.3, -0.25) is 4.79 Å². The van der Waals surface area contributed by atoms with Crippen LogP contribution in [0.3, 0.4) is 0 Å². The van der Waals surface area contributed by atoms with Gasteiger partial charge in [-0.25, -0.2) is 9.59 Å². The zero-order valence-electron chi connectivity index (χ0n) is 17.2. The van der Waals surface area contributed by atoms with Gasteiger partial charge in [-0.1, -0.05) is 13.8 Å². The van der Waals surface area contributed by atoms with Gasteiger partial charge in [-0.15, -0.1) is 0 Å². The second-order valence-electron chi connectivity index (χ2n) is 7.67. The van der Waals surface area contributed by atoms with Crippen LogP contribution in [0.25, 0.3) is 11.3 Å². The molecule has 0 saturated carbocycles. The number of carboxylic acids is 2. The van der Waals surface area contributed by atoms with Gasteiger partial charge in [0.25, 0.3) is 0 Å². The number of fused-ring (bicyclic) bond motifs is 3. The maximum atomic E-state index is 12.4. The van der Waals surface area contributed by atoms with Gasteiger partial charge in [0.2, 0.25) is 0 Å². The second kappa shape index (κ2) is 8.71. The molecule has 1 aromatic carbocycles. The van der Waals surface area contributed by atoms with Gasteiger partial charge >= 0.3 is 11.9 Å². The van der Waals surface area contributed by atoms with Gasteiger partial charge < -0.3 is 24.3 Å². The van der Waals surface area contributed by atoms with Crippen LogP contribution in [0.5, 0.6) is 5.75 Å². The number of carbonyl (C=O) groups is 2. The third kappa shape index (κ3) is 4.09. The topological polar surface area (TPSA) is 115 Å². The van der Waals surface area contributed by atoms with Crippen LogP contribution in [0, 0.1) is 5.92 Å². The van der Waals surface area contributed by atoms with Crippen LogP contribution < -0.4 is 10.2 Å². The molecule has 1 unspecified atom stereocenters. The summed E-state index contributed by atoms with van der Waals surface area (Å²) in [6, 6.07) is 4.43. The lowest BCUT2D eigenvalue weighted by molar-refractivity contribution is 0.0682. The van der Waals surface area contributed by atoms with Crippen molar-refractivity contribution in [1.29, 1.82) is 0 Å². The summed E-state index contributed by atoms with van der Waals surface area (Å²) in [5, 5.41) is 19.0. The molecule has 2 N–H and O–H groups in total. The predicted molar refractivity (Wildman–Crippen MR) is 110 cm³/mol. The number of pyridine rings is 1. The lowest BCUT2D eigenvalue weighted by Gasteiger charge is -2.33. The SMILES string of the molecule is COCCCOc1cc2c(cc1C(=O)O)-c1cc(=O)c(C(=O)O)cn1C(C(C)C)C2. The summed E-state index contributed by atoms with van der Waals surface area (Å²) in [6.07, 6.45) is 2.55. The van der Waals surface area contributed by atoms with E-state index in [2.05, 4.69) is 0 Å². The molecule has 0 aliphatic carbocycles. The first-order valence-electron chi connectivity index (χ1n) is 9.76. The van der Waals surface area contributed by atoms with Gasteiger partial charge in [-0.2, -0.15) is 0 Å². The molecule has 0 bridgehead atoms. The number of benzene rings is 1. The molecule has 0 amide bonds. The second-order valence-corrected chi connectivity index (χ2v) is 7.67. The summed E-state index contributed by atoms with van der Waals surface area (Å²) < 4.78 is 12.5. The Kier molecular flexibility index (Phi) is 6.26. The van der Waals surface area contributed by atoms with Crippen LogP contribution in [0.4, 0.5) is 0 Å². The van der Waals surface area contributed by atoms with E-state index in [-0.39, 0.29) is 28.8 Å². The molecule has 3 rings (SSSR count). The maximum Gasteiger partial charge on any atom is 0.341 e. The number of rotatable bonds is 8. The number of aromatic nitrogens is 1. The van der Waals surface area contributed by atoms with Gasteiger partial charge in [-0.05, 0) is 30.0 Å². The summed E-state index contributed by atoms with van der Waals surface area (Å²) in [5.41, 5.74) is 1.06. The van der Waals surface area contributed by atoms with E-state index in [0.717, 1.165) is 5.56 Å². The van der Waals surface area contributed by atoms with Crippen molar-refractivity contribution >= 4 is 11.9 Å². The Morgan fingerprint density at radius 1 is 1.13 bits per heavy atom. The van der Waals surface area contributed by atoms with E-state index in [1.165, 1.54) is 18.3 Å². The first-order chi connectivity index (χ1) is 14.2. The summed E-state index contributed by atoms with van der Waals surface area (Å²) in [5.74, 6) is -1.99. The summed E-state index contributed by atoms with van der Waals surface area (Å²) in [6.45, 7) is 4.86. The maximum absolute atomic E-state index is 12.4. The van der Waals surface area contributed by atoms with E-state index in [9.17, 15) is 24.6 Å². The Morgan fingerprint density at radius 3 is 2.43 bits per heavy atom. The Labute approximate surface area is 173 Å². The molecule has 0 spiro atoms. The Bertz CT molecular complexity index is 1040. The molecule has 0 radical (unpaired) electrons. The van der Waals surface area contributed by atoms with Crippen LogP contribution in [0.2, 0.25) is 0 Å². The van der Waals surface area contributed by atoms with E-state index >= 15 is 0 Å². The average Bonchev–Trinajstić information content (AvgIpc) is 2.69. The lowest BCUT2D eigenvalue weighted by Crippen LogP contribution is -2.28. The van der Waals surface area contributed by atoms with Gasteiger partial charge in [0.1, 0.15) is 16.9 Å². The Balaban J connectivity index is 2.15. The summed E-state index contributed by atoms with van der Waals surface area (Å²) >= 11 is 0. The van der Waals surface area contributed by atoms with Crippen LogP contribution in [0.1, 0.15) is 52.6 Å².